The molecule has 0 spiro atoms. The number of piperazine rings is 1. The van der Waals surface area contributed by atoms with Crippen LogP contribution in [0, 0.1) is 5.92 Å². The van der Waals surface area contributed by atoms with E-state index in [0.717, 1.165) is 56.6 Å². The fourth-order valence-corrected chi connectivity index (χ4v) is 4.26. The molecule has 6 nitrogen and oxygen atoms in total. The molecule has 3 heterocycles. The maximum Gasteiger partial charge on any atom is 0.222 e. The standard InChI is InChI=1S/C21H29N5O/c27-21(11-8-18-6-2-1-3-7-18)26-16-14-25(15-17-26)20-10-9-19(22-23-20)24-12-4-5-13-24/h4-5,9-10,12-13,18H,1-3,6-8,11,14-17H2. The van der Waals surface area contributed by atoms with Crippen molar-refractivity contribution in [2.24, 2.45) is 5.92 Å². The molecular formula is C21H29N5O. The SMILES string of the molecule is O=C(CCC1CCCCC1)N1CCN(c2ccc(-n3cccc3)nn2)CC1. The smallest absolute Gasteiger partial charge is 0.222 e. The second-order valence-electron chi connectivity index (χ2n) is 7.75. The Balaban J connectivity index is 1.25. The minimum Gasteiger partial charge on any atom is -0.352 e. The van der Waals surface area contributed by atoms with E-state index in [1.165, 1.54) is 32.1 Å². The van der Waals surface area contributed by atoms with Gasteiger partial charge in [-0.2, -0.15) is 0 Å². The quantitative estimate of drug-likeness (QED) is 0.814. The molecule has 2 aliphatic rings. The molecule has 1 saturated heterocycles. The molecule has 27 heavy (non-hydrogen) atoms. The van der Waals surface area contributed by atoms with Gasteiger partial charge in [0.25, 0.3) is 0 Å². The van der Waals surface area contributed by atoms with Gasteiger partial charge in [0.15, 0.2) is 11.6 Å². The molecule has 4 rings (SSSR count). The molecule has 2 aromatic rings. The van der Waals surface area contributed by atoms with E-state index in [1.807, 2.05) is 46.1 Å². The number of anilines is 1. The predicted molar refractivity (Wildman–Crippen MR) is 106 cm³/mol. The summed E-state index contributed by atoms with van der Waals surface area (Å²) in [6, 6.07) is 7.95. The van der Waals surface area contributed by atoms with Crippen molar-refractivity contribution in [2.45, 2.75) is 44.9 Å². The van der Waals surface area contributed by atoms with Gasteiger partial charge < -0.3 is 14.4 Å². The molecule has 0 bridgehead atoms. The number of aromatic nitrogens is 3. The summed E-state index contributed by atoms with van der Waals surface area (Å²) in [6.07, 6.45) is 12.4. The van der Waals surface area contributed by atoms with Crippen LogP contribution in [0.2, 0.25) is 0 Å². The second-order valence-corrected chi connectivity index (χ2v) is 7.75. The zero-order valence-electron chi connectivity index (χ0n) is 16.0. The van der Waals surface area contributed by atoms with Crippen LogP contribution in [0.5, 0.6) is 0 Å². The first-order chi connectivity index (χ1) is 13.3. The Kier molecular flexibility index (Phi) is 5.70. The van der Waals surface area contributed by atoms with Crippen molar-refractivity contribution in [3.8, 4) is 5.82 Å². The summed E-state index contributed by atoms with van der Waals surface area (Å²) in [4.78, 5) is 16.8. The molecule has 0 aromatic carbocycles. The lowest BCUT2D eigenvalue weighted by Gasteiger charge is -2.35. The first-order valence-corrected chi connectivity index (χ1v) is 10.3. The maximum absolute atomic E-state index is 12.5. The number of amides is 1. The molecule has 6 heteroatoms. The number of carbonyl (C=O) groups is 1. The highest BCUT2D eigenvalue weighted by atomic mass is 16.2. The van der Waals surface area contributed by atoms with Gasteiger partial charge in [0, 0.05) is 45.0 Å². The van der Waals surface area contributed by atoms with Gasteiger partial charge in [-0.3, -0.25) is 4.79 Å². The molecule has 1 aliphatic carbocycles. The van der Waals surface area contributed by atoms with Crippen LogP contribution in [0.15, 0.2) is 36.7 Å². The minimum absolute atomic E-state index is 0.328. The minimum atomic E-state index is 0.328. The largest absolute Gasteiger partial charge is 0.352 e. The van der Waals surface area contributed by atoms with Crippen LogP contribution in [0.3, 0.4) is 0 Å². The van der Waals surface area contributed by atoms with E-state index in [1.54, 1.807) is 0 Å². The summed E-state index contributed by atoms with van der Waals surface area (Å²) in [5.41, 5.74) is 0. The molecule has 2 fully saturated rings. The number of hydrogen-bond acceptors (Lipinski definition) is 4. The van der Waals surface area contributed by atoms with Gasteiger partial charge in [-0.25, -0.2) is 0 Å². The Morgan fingerprint density at radius 2 is 1.59 bits per heavy atom. The van der Waals surface area contributed by atoms with Crippen molar-refractivity contribution in [1.82, 2.24) is 19.7 Å². The molecule has 1 amide bonds. The third-order valence-electron chi connectivity index (χ3n) is 5.95. The second kappa shape index (κ2) is 8.55. The van der Waals surface area contributed by atoms with Crippen LogP contribution < -0.4 is 4.90 Å². The van der Waals surface area contributed by atoms with Crippen molar-refractivity contribution >= 4 is 11.7 Å². The van der Waals surface area contributed by atoms with Crippen molar-refractivity contribution in [3.05, 3.63) is 36.7 Å². The number of rotatable bonds is 5. The van der Waals surface area contributed by atoms with Gasteiger partial charge in [-0.15, -0.1) is 10.2 Å². The summed E-state index contributed by atoms with van der Waals surface area (Å²) >= 11 is 0. The Hall–Kier alpha value is -2.37. The summed E-state index contributed by atoms with van der Waals surface area (Å²) in [7, 11) is 0. The first-order valence-electron chi connectivity index (χ1n) is 10.3. The van der Waals surface area contributed by atoms with Crippen LogP contribution in [0.25, 0.3) is 5.82 Å². The normalized spacial score (nSPS) is 18.7. The summed E-state index contributed by atoms with van der Waals surface area (Å²) in [5.74, 6) is 2.81. The summed E-state index contributed by atoms with van der Waals surface area (Å²) in [5, 5.41) is 8.70. The fraction of sp³-hybridized carbons (Fsp3) is 0.571. The van der Waals surface area contributed by atoms with E-state index < -0.39 is 0 Å². The van der Waals surface area contributed by atoms with E-state index in [-0.39, 0.29) is 0 Å². The highest BCUT2D eigenvalue weighted by Gasteiger charge is 2.23. The predicted octanol–water partition coefficient (Wildman–Crippen LogP) is 3.28. The van der Waals surface area contributed by atoms with E-state index in [4.69, 9.17) is 0 Å². The molecular weight excluding hydrogens is 338 g/mol. The topological polar surface area (TPSA) is 54.3 Å². The molecule has 1 saturated carbocycles. The van der Waals surface area contributed by atoms with E-state index in [0.29, 0.717) is 5.91 Å². The van der Waals surface area contributed by atoms with Gasteiger partial charge in [0.05, 0.1) is 0 Å². The lowest BCUT2D eigenvalue weighted by atomic mass is 9.86. The molecule has 0 atom stereocenters. The maximum atomic E-state index is 12.5. The van der Waals surface area contributed by atoms with Crippen LogP contribution in [-0.2, 0) is 4.79 Å². The third-order valence-corrected chi connectivity index (χ3v) is 5.95. The lowest BCUT2D eigenvalue weighted by Crippen LogP contribution is -2.49. The van der Waals surface area contributed by atoms with Crippen LogP contribution in [0.1, 0.15) is 44.9 Å². The Labute approximate surface area is 161 Å². The van der Waals surface area contributed by atoms with Crippen molar-refractivity contribution < 1.29 is 4.79 Å². The van der Waals surface area contributed by atoms with E-state index in [9.17, 15) is 4.79 Å². The third kappa shape index (κ3) is 4.49. The lowest BCUT2D eigenvalue weighted by molar-refractivity contribution is -0.131. The Morgan fingerprint density at radius 3 is 2.26 bits per heavy atom. The first kappa shape index (κ1) is 18.0. The van der Waals surface area contributed by atoms with Crippen molar-refractivity contribution in [2.75, 3.05) is 31.1 Å². The van der Waals surface area contributed by atoms with Gasteiger partial charge in [-0.1, -0.05) is 32.1 Å². The molecule has 144 valence electrons. The highest BCUT2D eigenvalue weighted by Crippen LogP contribution is 2.27. The molecule has 0 radical (unpaired) electrons. The Morgan fingerprint density at radius 1 is 0.926 bits per heavy atom. The monoisotopic (exact) mass is 367 g/mol. The average molecular weight is 367 g/mol. The van der Waals surface area contributed by atoms with Gasteiger partial charge in [0.1, 0.15) is 0 Å². The average Bonchev–Trinajstić information content (AvgIpc) is 3.28. The number of carbonyl (C=O) groups excluding carboxylic acids is 1. The van der Waals surface area contributed by atoms with Gasteiger partial charge >= 0.3 is 0 Å². The number of nitrogens with zero attached hydrogens (tertiary/aromatic N) is 5. The van der Waals surface area contributed by atoms with E-state index >= 15 is 0 Å². The molecule has 2 aromatic heterocycles. The summed E-state index contributed by atoms with van der Waals surface area (Å²) in [6.45, 7) is 3.22. The number of hydrogen-bond donors (Lipinski definition) is 0. The van der Waals surface area contributed by atoms with Gasteiger partial charge in [0.2, 0.25) is 5.91 Å². The van der Waals surface area contributed by atoms with E-state index in [2.05, 4.69) is 15.1 Å². The summed E-state index contributed by atoms with van der Waals surface area (Å²) < 4.78 is 1.94. The zero-order valence-corrected chi connectivity index (χ0v) is 16.0. The molecule has 0 unspecified atom stereocenters. The Bertz CT molecular complexity index is 714. The highest BCUT2D eigenvalue weighted by molar-refractivity contribution is 5.76. The van der Waals surface area contributed by atoms with Crippen molar-refractivity contribution in [1.29, 1.82) is 0 Å². The molecule has 0 N–H and O–H groups in total. The van der Waals surface area contributed by atoms with Crippen LogP contribution in [0.4, 0.5) is 5.82 Å². The van der Waals surface area contributed by atoms with Gasteiger partial charge in [-0.05, 0) is 36.6 Å². The molecule has 1 aliphatic heterocycles. The van der Waals surface area contributed by atoms with Crippen LogP contribution in [-0.4, -0.2) is 51.8 Å². The van der Waals surface area contributed by atoms with Crippen molar-refractivity contribution in [3.63, 3.8) is 0 Å². The van der Waals surface area contributed by atoms with Crippen LogP contribution >= 0.6 is 0 Å². The zero-order chi connectivity index (χ0) is 18.5. The fourth-order valence-electron chi connectivity index (χ4n) is 4.26.